The highest BCUT2D eigenvalue weighted by atomic mass is 16.6. The first-order chi connectivity index (χ1) is 10.6. The Morgan fingerprint density at radius 3 is 2.86 bits per heavy atom. The number of non-ortho nitro benzene ring substituents is 1. The molecule has 22 heavy (non-hydrogen) atoms. The monoisotopic (exact) mass is 298 g/mol. The number of nitro benzene ring substituents is 1. The Morgan fingerprint density at radius 1 is 1.32 bits per heavy atom. The van der Waals surface area contributed by atoms with E-state index in [1.54, 1.807) is 12.1 Å². The van der Waals surface area contributed by atoms with Gasteiger partial charge in [-0.3, -0.25) is 10.1 Å². The van der Waals surface area contributed by atoms with Crippen molar-refractivity contribution in [3.63, 3.8) is 0 Å². The molecule has 1 fully saturated rings. The van der Waals surface area contributed by atoms with Crippen molar-refractivity contribution in [1.29, 1.82) is 0 Å². The summed E-state index contributed by atoms with van der Waals surface area (Å²) in [7, 11) is 0. The van der Waals surface area contributed by atoms with Gasteiger partial charge in [-0.05, 0) is 19.3 Å². The molecular formula is C16H18N4O2. The number of hydrogen-bond acceptors (Lipinski definition) is 5. The average Bonchev–Trinajstić information content (AvgIpc) is 3.31. The van der Waals surface area contributed by atoms with Crippen molar-refractivity contribution in [1.82, 2.24) is 9.97 Å². The fourth-order valence-electron chi connectivity index (χ4n) is 2.36. The molecule has 1 saturated carbocycles. The van der Waals surface area contributed by atoms with Gasteiger partial charge < -0.3 is 5.32 Å². The minimum Gasteiger partial charge on any atom is -0.370 e. The second kappa shape index (κ2) is 6.09. The SMILES string of the molecule is Cc1cc(NCCC2CC2)nc(-c2cccc([N+](=O)[O-])c2)n1. The molecule has 1 N–H and O–H groups in total. The van der Waals surface area contributed by atoms with Crippen molar-refractivity contribution >= 4 is 11.5 Å². The van der Waals surface area contributed by atoms with Crippen molar-refractivity contribution in [3.05, 3.63) is 46.1 Å². The molecule has 0 bridgehead atoms. The zero-order valence-corrected chi connectivity index (χ0v) is 12.5. The molecule has 2 aromatic rings. The zero-order chi connectivity index (χ0) is 15.5. The van der Waals surface area contributed by atoms with Crippen LogP contribution in [0.1, 0.15) is 25.0 Å². The fourth-order valence-corrected chi connectivity index (χ4v) is 2.36. The van der Waals surface area contributed by atoms with Crippen molar-refractivity contribution in [2.24, 2.45) is 5.92 Å². The Morgan fingerprint density at radius 2 is 2.14 bits per heavy atom. The lowest BCUT2D eigenvalue weighted by Crippen LogP contribution is -2.06. The molecule has 0 amide bonds. The first-order valence-electron chi connectivity index (χ1n) is 7.46. The zero-order valence-electron chi connectivity index (χ0n) is 12.5. The van der Waals surface area contributed by atoms with Crippen LogP contribution in [0.5, 0.6) is 0 Å². The molecule has 1 aliphatic carbocycles. The van der Waals surface area contributed by atoms with E-state index in [4.69, 9.17) is 0 Å². The highest BCUT2D eigenvalue weighted by Gasteiger charge is 2.20. The summed E-state index contributed by atoms with van der Waals surface area (Å²) in [4.78, 5) is 19.3. The normalized spacial score (nSPS) is 13.9. The van der Waals surface area contributed by atoms with Gasteiger partial charge in [0.05, 0.1) is 4.92 Å². The average molecular weight is 298 g/mol. The van der Waals surface area contributed by atoms with Crippen LogP contribution in [0.2, 0.25) is 0 Å². The predicted octanol–water partition coefficient (Wildman–Crippen LogP) is 3.57. The molecule has 0 atom stereocenters. The quantitative estimate of drug-likeness (QED) is 0.651. The largest absolute Gasteiger partial charge is 0.370 e. The van der Waals surface area contributed by atoms with Gasteiger partial charge in [0.1, 0.15) is 5.82 Å². The molecule has 1 aliphatic rings. The van der Waals surface area contributed by atoms with Gasteiger partial charge in [-0.15, -0.1) is 0 Å². The van der Waals surface area contributed by atoms with E-state index >= 15 is 0 Å². The molecule has 0 radical (unpaired) electrons. The molecular weight excluding hydrogens is 280 g/mol. The lowest BCUT2D eigenvalue weighted by atomic mass is 10.2. The lowest BCUT2D eigenvalue weighted by Gasteiger charge is -2.08. The molecule has 6 heteroatoms. The fraction of sp³-hybridized carbons (Fsp3) is 0.375. The van der Waals surface area contributed by atoms with E-state index in [0.29, 0.717) is 11.4 Å². The molecule has 0 unspecified atom stereocenters. The number of aryl methyl sites for hydroxylation is 1. The van der Waals surface area contributed by atoms with Crippen LogP contribution in [-0.2, 0) is 0 Å². The molecule has 1 heterocycles. The molecule has 1 aromatic carbocycles. The summed E-state index contributed by atoms with van der Waals surface area (Å²) in [6.45, 7) is 2.80. The Bertz CT molecular complexity index is 698. The molecule has 6 nitrogen and oxygen atoms in total. The van der Waals surface area contributed by atoms with E-state index in [1.165, 1.54) is 25.0 Å². The maximum atomic E-state index is 10.9. The van der Waals surface area contributed by atoms with E-state index in [2.05, 4.69) is 15.3 Å². The van der Waals surface area contributed by atoms with E-state index in [-0.39, 0.29) is 5.69 Å². The molecule has 0 saturated heterocycles. The number of aromatic nitrogens is 2. The van der Waals surface area contributed by atoms with Crippen LogP contribution in [0.3, 0.4) is 0 Å². The van der Waals surface area contributed by atoms with Gasteiger partial charge >= 0.3 is 0 Å². The molecule has 0 spiro atoms. The van der Waals surface area contributed by atoms with E-state index in [0.717, 1.165) is 30.4 Å². The van der Waals surface area contributed by atoms with Gasteiger partial charge in [0.25, 0.3) is 5.69 Å². The van der Waals surface area contributed by atoms with Gasteiger partial charge in [0, 0.05) is 36.0 Å². The van der Waals surface area contributed by atoms with Crippen molar-refractivity contribution in [2.45, 2.75) is 26.2 Å². The summed E-state index contributed by atoms with van der Waals surface area (Å²) in [5, 5.41) is 14.2. The van der Waals surface area contributed by atoms with Gasteiger partial charge in [-0.1, -0.05) is 25.0 Å². The van der Waals surface area contributed by atoms with E-state index < -0.39 is 4.92 Å². The smallest absolute Gasteiger partial charge is 0.270 e. The summed E-state index contributed by atoms with van der Waals surface area (Å²) < 4.78 is 0. The maximum Gasteiger partial charge on any atom is 0.270 e. The highest BCUT2D eigenvalue weighted by molar-refractivity contribution is 5.61. The Hall–Kier alpha value is -2.50. The van der Waals surface area contributed by atoms with Gasteiger partial charge in [0.15, 0.2) is 5.82 Å². The number of rotatable bonds is 6. The Labute approximate surface area is 128 Å². The first-order valence-corrected chi connectivity index (χ1v) is 7.46. The third kappa shape index (κ3) is 3.58. The van der Waals surface area contributed by atoms with Crippen LogP contribution in [0.15, 0.2) is 30.3 Å². The predicted molar refractivity (Wildman–Crippen MR) is 84.7 cm³/mol. The first kappa shape index (κ1) is 14.4. The Kier molecular flexibility index (Phi) is 4.00. The van der Waals surface area contributed by atoms with E-state index in [9.17, 15) is 10.1 Å². The van der Waals surface area contributed by atoms with Gasteiger partial charge in [0.2, 0.25) is 0 Å². The van der Waals surface area contributed by atoms with Gasteiger partial charge in [-0.2, -0.15) is 0 Å². The third-order valence-electron chi connectivity index (χ3n) is 3.73. The summed E-state index contributed by atoms with van der Waals surface area (Å²) in [6.07, 6.45) is 3.84. The second-order valence-electron chi connectivity index (χ2n) is 5.68. The minimum absolute atomic E-state index is 0.0471. The number of benzene rings is 1. The summed E-state index contributed by atoms with van der Waals surface area (Å²) in [5.41, 5.74) is 1.54. The van der Waals surface area contributed by atoms with Crippen molar-refractivity contribution in [2.75, 3.05) is 11.9 Å². The van der Waals surface area contributed by atoms with Gasteiger partial charge in [-0.25, -0.2) is 9.97 Å². The van der Waals surface area contributed by atoms with Crippen molar-refractivity contribution in [3.8, 4) is 11.4 Å². The number of anilines is 1. The second-order valence-corrected chi connectivity index (χ2v) is 5.68. The number of nitro groups is 1. The summed E-state index contributed by atoms with van der Waals surface area (Å²) in [5.74, 6) is 2.15. The van der Waals surface area contributed by atoms with E-state index in [1.807, 2.05) is 13.0 Å². The Balaban J connectivity index is 1.81. The topological polar surface area (TPSA) is 81.0 Å². The summed E-state index contributed by atoms with van der Waals surface area (Å²) >= 11 is 0. The van der Waals surface area contributed by atoms with Crippen molar-refractivity contribution < 1.29 is 4.92 Å². The molecule has 3 rings (SSSR count). The maximum absolute atomic E-state index is 10.9. The molecule has 1 aromatic heterocycles. The van der Waals surface area contributed by atoms with Crippen LogP contribution >= 0.6 is 0 Å². The van der Waals surface area contributed by atoms with Crippen LogP contribution in [0.4, 0.5) is 11.5 Å². The standard InChI is InChI=1S/C16H18N4O2/c1-11-9-15(17-8-7-12-5-6-12)19-16(18-11)13-3-2-4-14(10-13)20(21)22/h2-4,9-10,12H,5-8H2,1H3,(H,17,18,19). The lowest BCUT2D eigenvalue weighted by molar-refractivity contribution is -0.384. The van der Waals surface area contributed by atoms with Crippen LogP contribution in [0, 0.1) is 23.0 Å². The number of nitrogens with zero attached hydrogens (tertiary/aromatic N) is 3. The number of nitrogens with one attached hydrogen (secondary N) is 1. The third-order valence-corrected chi connectivity index (χ3v) is 3.73. The molecule has 114 valence electrons. The minimum atomic E-state index is -0.409. The van der Waals surface area contributed by atoms with Crippen LogP contribution in [0.25, 0.3) is 11.4 Å². The number of hydrogen-bond donors (Lipinski definition) is 1. The summed E-state index contributed by atoms with van der Waals surface area (Å²) in [6, 6.07) is 8.31. The van der Waals surface area contributed by atoms with Crippen LogP contribution < -0.4 is 5.32 Å². The highest BCUT2D eigenvalue weighted by Crippen LogP contribution is 2.32. The van der Waals surface area contributed by atoms with Crippen LogP contribution in [-0.4, -0.2) is 21.4 Å². The molecule has 0 aliphatic heterocycles.